The topological polar surface area (TPSA) is 78.9 Å². The number of ether oxygens (including phenoxy) is 3. The van der Waals surface area contributed by atoms with Gasteiger partial charge in [-0.1, -0.05) is 223 Å². The van der Waals surface area contributed by atoms with Crippen LogP contribution in [-0.2, 0) is 28.6 Å². The number of carbonyl (C=O) groups is 3. The fourth-order valence-corrected chi connectivity index (χ4v) is 7.08. The van der Waals surface area contributed by atoms with Gasteiger partial charge in [0.1, 0.15) is 13.2 Å². The molecule has 0 N–H and O–H groups in total. The molecule has 0 rings (SSSR count). The first-order valence-electron chi connectivity index (χ1n) is 25.1. The second-order valence-corrected chi connectivity index (χ2v) is 16.7. The van der Waals surface area contributed by atoms with Crippen LogP contribution in [0.25, 0.3) is 0 Å². The van der Waals surface area contributed by atoms with E-state index in [4.69, 9.17) is 14.2 Å². The largest absolute Gasteiger partial charge is 0.462 e. The smallest absolute Gasteiger partial charge is 0.306 e. The van der Waals surface area contributed by atoms with Gasteiger partial charge in [0, 0.05) is 19.3 Å². The molecule has 59 heavy (non-hydrogen) atoms. The van der Waals surface area contributed by atoms with Crippen molar-refractivity contribution >= 4 is 17.9 Å². The maximum absolute atomic E-state index is 12.7. The Morgan fingerprint density at radius 2 is 0.661 bits per heavy atom. The van der Waals surface area contributed by atoms with Gasteiger partial charge in [0.25, 0.3) is 0 Å². The SMILES string of the molecule is CC/C=C\C/C=C\C/C=C\C/C=C\CCCCCCCCCCCCC(=O)OCC(COC(=O)CCCCCCCCCCC)OC(=O)CCCCCCCCCCC. The minimum absolute atomic E-state index is 0.0711. The summed E-state index contributed by atoms with van der Waals surface area (Å²) >= 11 is 0. The van der Waals surface area contributed by atoms with Crippen molar-refractivity contribution < 1.29 is 28.6 Å². The van der Waals surface area contributed by atoms with E-state index in [-0.39, 0.29) is 31.1 Å². The van der Waals surface area contributed by atoms with Crippen LogP contribution in [0, 0.1) is 0 Å². The van der Waals surface area contributed by atoms with Gasteiger partial charge in [-0.05, 0) is 57.8 Å². The minimum Gasteiger partial charge on any atom is -0.462 e. The third-order valence-corrected chi connectivity index (χ3v) is 10.8. The first kappa shape index (κ1) is 56.4. The van der Waals surface area contributed by atoms with Crippen LogP contribution in [0.3, 0.4) is 0 Å². The molecule has 6 heteroatoms. The van der Waals surface area contributed by atoms with Crippen LogP contribution >= 0.6 is 0 Å². The summed E-state index contributed by atoms with van der Waals surface area (Å²) in [6.07, 6.45) is 56.8. The Kier molecular flexibility index (Phi) is 45.9. The lowest BCUT2D eigenvalue weighted by molar-refractivity contribution is -0.167. The van der Waals surface area contributed by atoms with Gasteiger partial charge in [0.2, 0.25) is 0 Å². The Morgan fingerprint density at radius 1 is 0.356 bits per heavy atom. The first-order chi connectivity index (χ1) is 29.0. The Labute approximate surface area is 365 Å². The summed E-state index contributed by atoms with van der Waals surface area (Å²) < 4.78 is 16.7. The summed E-state index contributed by atoms with van der Waals surface area (Å²) in [4.78, 5) is 37.7. The van der Waals surface area contributed by atoms with Gasteiger partial charge in [-0.15, -0.1) is 0 Å². The second kappa shape index (κ2) is 48.0. The molecule has 0 aromatic rings. The Bertz CT molecular complexity index is 1040. The van der Waals surface area contributed by atoms with Crippen molar-refractivity contribution in [3.63, 3.8) is 0 Å². The predicted molar refractivity (Wildman–Crippen MR) is 252 cm³/mol. The highest BCUT2D eigenvalue weighted by atomic mass is 16.6. The van der Waals surface area contributed by atoms with Crippen LogP contribution in [0.4, 0.5) is 0 Å². The van der Waals surface area contributed by atoms with Crippen molar-refractivity contribution in [2.45, 2.75) is 258 Å². The summed E-state index contributed by atoms with van der Waals surface area (Å²) in [5.74, 6) is -0.876. The molecule has 0 bridgehead atoms. The highest BCUT2D eigenvalue weighted by Gasteiger charge is 2.19. The molecule has 0 aromatic heterocycles. The van der Waals surface area contributed by atoms with Crippen molar-refractivity contribution in [1.82, 2.24) is 0 Å². The number of hydrogen-bond acceptors (Lipinski definition) is 6. The Morgan fingerprint density at radius 3 is 1.03 bits per heavy atom. The fraction of sp³-hybridized carbons (Fsp3) is 0.792. The van der Waals surface area contributed by atoms with Crippen molar-refractivity contribution in [2.24, 2.45) is 0 Å². The molecule has 0 aliphatic rings. The highest BCUT2D eigenvalue weighted by Crippen LogP contribution is 2.15. The highest BCUT2D eigenvalue weighted by molar-refractivity contribution is 5.71. The van der Waals surface area contributed by atoms with E-state index in [1.165, 1.54) is 128 Å². The number of esters is 3. The molecule has 0 heterocycles. The van der Waals surface area contributed by atoms with Gasteiger partial charge < -0.3 is 14.2 Å². The number of hydrogen-bond donors (Lipinski definition) is 0. The van der Waals surface area contributed by atoms with E-state index in [1.807, 2.05) is 0 Å². The molecule has 0 radical (unpaired) electrons. The zero-order valence-electron chi connectivity index (χ0n) is 39.0. The zero-order valence-corrected chi connectivity index (χ0v) is 39.0. The average molecular weight is 827 g/mol. The van der Waals surface area contributed by atoms with Gasteiger partial charge in [-0.25, -0.2) is 0 Å². The maximum atomic E-state index is 12.7. The van der Waals surface area contributed by atoms with Crippen LogP contribution in [0.5, 0.6) is 0 Å². The number of allylic oxidation sites excluding steroid dienone is 8. The molecule has 0 amide bonds. The number of unbranched alkanes of at least 4 members (excludes halogenated alkanes) is 26. The van der Waals surface area contributed by atoms with Gasteiger partial charge in [-0.3, -0.25) is 14.4 Å². The van der Waals surface area contributed by atoms with E-state index in [0.717, 1.165) is 83.5 Å². The quantitative estimate of drug-likeness (QED) is 0.0263. The van der Waals surface area contributed by atoms with Crippen LogP contribution in [-0.4, -0.2) is 37.2 Å². The van der Waals surface area contributed by atoms with Crippen LogP contribution in [0.15, 0.2) is 48.6 Å². The molecule has 1 unspecified atom stereocenters. The Balaban J connectivity index is 4.17. The summed E-state index contributed by atoms with van der Waals surface area (Å²) in [5, 5.41) is 0. The van der Waals surface area contributed by atoms with Crippen molar-refractivity contribution in [1.29, 1.82) is 0 Å². The molecule has 0 aromatic carbocycles. The third kappa shape index (κ3) is 46.3. The average Bonchev–Trinajstić information content (AvgIpc) is 3.23. The lowest BCUT2D eigenvalue weighted by Gasteiger charge is -2.18. The van der Waals surface area contributed by atoms with E-state index < -0.39 is 6.10 Å². The molecule has 0 saturated carbocycles. The summed E-state index contributed by atoms with van der Waals surface area (Å²) in [6.45, 7) is 6.49. The van der Waals surface area contributed by atoms with E-state index >= 15 is 0 Å². The normalized spacial score (nSPS) is 12.4. The Hall–Kier alpha value is -2.63. The molecule has 0 fully saturated rings. The maximum Gasteiger partial charge on any atom is 0.306 e. The van der Waals surface area contributed by atoms with Crippen molar-refractivity contribution in [3.8, 4) is 0 Å². The number of carbonyl (C=O) groups excluding carboxylic acids is 3. The predicted octanol–water partition coefficient (Wildman–Crippen LogP) is 16.3. The summed E-state index contributed by atoms with van der Waals surface area (Å²) in [6, 6.07) is 0. The molecule has 0 saturated heterocycles. The van der Waals surface area contributed by atoms with E-state index in [9.17, 15) is 14.4 Å². The van der Waals surface area contributed by atoms with Crippen LogP contribution in [0.1, 0.15) is 252 Å². The van der Waals surface area contributed by atoms with E-state index in [2.05, 4.69) is 69.4 Å². The zero-order chi connectivity index (χ0) is 43.0. The molecular formula is C53H94O6. The summed E-state index contributed by atoms with van der Waals surface area (Å²) in [7, 11) is 0. The molecule has 0 spiro atoms. The van der Waals surface area contributed by atoms with Gasteiger partial charge in [0.15, 0.2) is 6.10 Å². The van der Waals surface area contributed by atoms with Gasteiger partial charge in [0.05, 0.1) is 0 Å². The van der Waals surface area contributed by atoms with Crippen LogP contribution < -0.4 is 0 Å². The molecule has 0 aliphatic heterocycles. The minimum atomic E-state index is -0.767. The molecule has 342 valence electrons. The van der Waals surface area contributed by atoms with Crippen LogP contribution in [0.2, 0.25) is 0 Å². The fourth-order valence-electron chi connectivity index (χ4n) is 7.08. The molecule has 0 aliphatic carbocycles. The monoisotopic (exact) mass is 827 g/mol. The molecule has 6 nitrogen and oxygen atoms in total. The third-order valence-electron chi connectivity index (χ3n) is 10.8. The van der Waals surface area contributed by atoms with E-state index in [1.54, 1.807) is 0 Å². The van der Waals surface area contributed by atoms with E-state index in [0.29, 0.717) is 19.3 Å². The van der Waals surface area contributed by atoms with Gasteiger partial charge >= 0.3 is 17.9 Å². The standard InChI is InChI=1S/C53H94O6/c1-4-7-10-13-16-19-20-21-22-23-24-25-26-27-28-29-30-31-32-35-37-40-43-46-52(55)58-49-50(59-53(56)47-44-41-38-34-18-15-12-9-6-3)48-57-51(54)45-42-39-36-33-17-14-11-8-5-2/h7,10,16,19,21-22,24-25,50H,4-6,8-9,11-15,17-18,20,23,26-49H2,1-3H3/b10-7-,19-16-,22-21-,25-24-. The lowest BCUT2D eigenvalue weighted by atomic mass is 10.1. The summed E-state index contributed by atoms with van der Waals surface area (Å²) in [5.41, 5.74) is 0. The molecular weight excluding hydrogens is 733 g/mol. The van der Waals surface area contributed by atoms with Crippen molar-refractivity contribution in [2.75, 3.05) is 13.2 Å². The first-order valence-corrected chi connectivity index (χ1v) is 25.1. The van der Waals surface area contributed by atoms with Crippen molar-refractivity contribution in [3.05, 3.63) is 48.6 Å². The van der Waals surface area contributed by atoms with Gasteiger partial charge in [-0.2, -0.15) is 0 Å². The molecule has 1 atom stereocenters. The lowest BCUT2D eigenvalue weighted by Crippen LogP contribution is -2.30. The second-order valence-electron chi connectivity index (χ2n) is 16.7. The number of rotatable bonds is 45.